The van der Waals surface area contributed by atoms with Gasteiger partial charge in [0.1, 0.15) is 17.7 Å². The number of anilines is 1. The molecule has 0 radical (unpaired) electrons. The van der Waals surface area contributed by atoms with E-state index in [4.69, 9.17) is 11.6 Å². The summed E-state index contributed by atoms with van der Waals surface area (Å²) in [5.41, 5.74) is -1.52. The number of alkyl halides is 3. The molecule has 2 atom stereocenters. The van der Waals surface area contributed by atoms with E-state index in [1.54, 1.807) is 6.92 Å². The fourth-order valence-corrected chi connectivity index (χ4v) is 3.77. The Morgan fingerprint density at radius 3 is 2.58 bits per heavy atom. The SMILES string of the molecule is C[C@@H]1C(=O)N[C@H](c2cc(F)ccc2Cl)c2c(NC(=O)c3cc(F)cc(C(F)(F)F)c3)ncn21. The summed E-state index contributed by atoms with van der Waals surface area (Å²) in [5, 5.41) is 5.15. The highest BCUT2D eigenvalue weighted by Crippen LogP contribution is 2.37. The average Bonchev–Trinajstić information content (AvgIpc) is 3.15. The first-order valence-corrected chi connectivity index (χ1v) is 9.84. The summed E-state index contributed by atoms with van der Waals surface area (Å²) in [7, 11) is 0. The second-order valence-electron chi connectivity index (χ2n) is 7.35. The van der Waals surface area contributed by atoms with Gasteiger partial charge in [-0.15, -0.1) is 0 Å². The van der Waals surface area contributed by atoms with Crippen molar-refractivity contribution in [1.29, 1.82) is 0 Å². The molecule has 0 fully saturated rings. The number of hydrogen-bond acceptors (Lipinski definition) is 3. The largest absolute Gasteiger partial charge is 0.416 e. The van der Waals surface area contributed by atoms with Crippen LogP contribution in [0.5, 0.6) is 0 Å². The van der Waals surface area contributed by atoms with Gasteiger partial charge in [-0.1, -0.05) is 11.6 Å². The van der Waals surface area contributed by atoms with Gasteiger partial charge in [0.15, 0.2) is 5.82 Å². The molecular weight excluding hydrogens is 471 g/mol. The molecule has 1 aliphatic rings. The van der Waals surface area contributed by atoms with Crippen LogP contribution in [0.1, 0.15) is 46.2 Å². The standard InChI is InChI=1S/C21H14ClF5N4O2/c1-9-19(32)29-16(14-7-12(23)2-3-15(14)22)17-18(28-8-31(9)17)30-20(33)10-4-11(21(25,26)27)6-13(24)5-10/h2-9,16H,1H3,(H,29,32)(H,30,33)/t9-,16-/m1/s1. The summed E-state index contributed by atoms with van der Waals surface area (Å²) in [6.45, 7) is 1.55. The zero-order chi connectivity index (χ0) is 24.1. The van der Waals surface area contributed by atoms with E-state index in [-0.39, 0.29) is 28.2 Å². The van der Waals surface area contributed by atoms with Crippen molar-refractivity contribution in [3.8, 4) is 0 Å². The molecule has 0 spiro atoms. The summed E-state index contributed by atoms with van der Waals surface area (Å²) in [4.78, 5) is 29.2. The second-order valence-corrected chi connectivity index (χ2v) is 7.76. The van der Waals surface area contributed by atoms with E-state index >= 15 is 0 Å². The number of carbonyl (C=O) groups is 2. The fourth-order valence-electron chi connectivity index (χ4n) is 3.54. The molecule has 0 bridgehead atoms. The van der Waals surface area contributed by atoms with Crippen molar-refractivity contribution in [3.63, 3.8) is 0 Å². The minimum Gasteiger partial charge on any atom is -0.342 e. The minimum absolute atomic E-state index is 0.116. The highest BCUT2D eigenvalue weighted by Gasteiger charge is 2.36. The summed E-state index contributed by atoms with van der Waals surface area (Å²) >= 11 is 6.20. The van der Waals surface area contributed by atoms with Crippen LogP contribution < -0.4 is 10.6 Å². The molecule has 1 aromatic heterocycles. The van der Waals surface area contributed by atoms with Crippen LogP contribution in [-0.4, -0.2) is 21.4 Å². The zero-order valence-electron chi connectivity index (χ0n) is 16.7. The number of hydrogen-bond donors (Lipinski definition) is 2. The van der Waals surface area contributed by atoms with Gasteiger partial charge in [0.05, 0.1) is 23.6 Å². The molecule has 4 rings (SSSR count). The Balaban J connectivity index is 1.76. The molecule has 0 aliphatic carbocycles. The first kappa shape index (κ1) is 22.7. The number of fused-ring (bicyclic) bond motifs is 1. The number of halogens is 6. The van der Waals surface area contributed by atoms with E-state index in [0.29, 0.717) is 12.1 Å². The van der Waals surface area contributed by atoms with Crippen molar-refractivity contribution < 1.29 is 31.5 Å². The Hall–Kier alpha value is -3.47. The van der Waals surface area contributed by atoms with Crippen LogP contribution in [0.3, 0.4) is 0 Å². The minimum atomic E-state index is -4.86. The van der Waals surface area contributed by atoms with Crippen LogP contribution in [0, 0.1) is 11.6 Å². The number of nitrogens with zero attached hydrogens (tertiary/aromatic N) is 2. The van der Waals surface area contributed by atoms with Crippen LogP contribution in [-0.2, 0) is 11.0 Å². The Labute approximate surface area is 188 Å². The van der Waals surface area contributed by atoms with E-state index in [9.17, 15) is 31.5 Å². The van der Waals surface area contributed by atoms with E-state index in [2.05, 4.69) is 15.6 Å². The van der Waals surface area contributed by atoms with Crippen LogP contribution in [0.2, 0.25) is 5.02 Å². The van der Waals surface area contributed by atoms with Crippen LogP contribution in [0.4, 0.5) is 27.8 Å². The van der Waals surface area contributed by atoms with Gasteiger partial charge in [-0.3, -0.25) is 9.59 Å². The molecule has 2 amide bonds. The Morgan fingerprint density at radius 2 is 1.88 bits per heavy atom. The molecule has 2 N–H and O–H groups in total. The lowest BCUT2D eigenvalue weighted by atomic mass is 9.99. The predicted molar refractivity (Wildman–Crippen MR) is 108 cm³/mol. The molecule has 12 heteroatoms. The maximum absolute atomic E-state index is 13.9. The van der Waals surface area contributed by atoms with Crippen molar-refractivity contribution in [3.05, 3.63) is 81.8 Å². The number of imidazole rings is 1. The van der Waals surface area contributed by atoms with Crippen LogP contribution in [0.25, 0.3) is 0 Å². The maximum atomic E-state index is 13.9. The molecule has 3 aromatic rings. The summed E-state index contributed by atoms with van der Waals surface area (Å²) in [6, 6.07) is 3.18. The lowest BCUT2D eigenvalue weighted by Gasteiger charge is -2.31. The number of carbonyl (C=O) groups excluding carboxylic acids is 2. The topological polar surface area (TPSA) is 76.0 Å². The lowest BCUT2D eigenvalue weighted by Crippen LogP contribution is -2.41. The smallest absolute Gasteiger partial charge is 0.342 e. The normalized spacial score (nSPS) is 18.0. The Bertz CT molecular complexity index is 1270. The van der Waals surface area contributed by atoms with E-state index < -0.39 is 52.8 Å². The molecule has 0 unspecified atom stereocenters. The van der Waals surface area contributed by atoms with Gasteiger partial charge in [0.25, 0.3) is 5.91 Å². The number of rotatable bonds is 3. The summed E-state index contributed by atoms with van der Waals surface area (Å²) in [5.74, 6) is -3.47. The third-order valence-corrected chi connectivity index (χ3v) is 5.52. The predicted octanol–water partition coefficient (Wildman–Crippen LogP) is 4.87. The zero-order valence-corrected chi connectivity index (χ0v) is 17.4. The molecule has 33 heavy (non-hydrogen) atoms. The number of aromatic nitrogens is 2. The molecule has 6 nitrogen and oxygen atoms in total. The van der Waals surface area contributed by atoms with Gasteiger partial charge in [0.2, 0.25) is 5.91 Å². The summed E-state index contributed by atoms with van der Waals surface area (Å²) < 4.78 is 68.1. The fraction of sp³-hybridized carbons (Fsp3) is 0.190. The van der Waals surface area contributed by atoms with Crippen molar-refractivity contribution in [2.45, 2.75) is 25.2 Å². The Morgan fingerprint density at radius 1 is 1.15 bits per heavy atom. The second kappa shape index (κ2) is 8.14. The summed E-state index contributed by atoms with van der Waals surface area (Å²) in [6.07, 6.45) is -3.61. The third kappa shape index (κ3) is 4.28. The van der Waals surface area contributed by atoms with Crippen molar-refractivity contribution in [2.75, 3.05) is 5.32 Å². The van der Waals surface area contributed by atoms with Gasteiger partial charge in [-0.2, -0.15) is 13.2 Å². The molecule has 0 saturated heterocycles. The highest BCUT2D eigenvalue weighted by atomic mass is 35.5. The van der Waals surface area contributed by atoms with Gasteiger partial charge in [0, 0.05) is 16.1 Å². The average molecular weight is 485 g/mol. The molecule has 1 aliphatic heterocycles. The Kier molecular flexibility index (Phi) is 5.61. The van der Waals surface area contributed by atoms with Gasteiger partial charge < -0.3 is 15.2 Å². The van der Waals surface area contributed by atoms with Crippen LogP contribution in [0.15, 0.2) is 42.7 Å². The maximum Gasteiger partial charge on any atom is 0.416 e. The van der Waals surface area contributed by atoms with Crippen molar-refractivity contribution >= 4 is 29.2 Å². The molecule has 2 aromatic carbocycles. The third-order valence-electron chi connectivity index (χ3n) is 5.18. The van der Waals surface area contributed by atoms with Crippen molar-refractivity contribution in [1.82, 2.24) is 14.9 Å². The van der Waals surface area contributed by atoms with E-state index in [1.807, 2.05) is 0 Å². The highest BCUT2D eigenvalue weighted by molar-refractivity contribution is 6.31. The van der Waals surface area contributed by atoms with Crippen LogP contribution >= 0.6 is 11.6 Å². The van der Waals surface area contributed by atoms with E-state index in [1.165, 1.54) is 17.0 Å². The molecule has 172 valence electrons. The van der Waals surface area contributed by atoms with Gasteiger partial charge in [-0.05, 0) is 43.3 Å². The van der Waals surface area contributed by atoms with E-state index in [0.717, 1.165) is 12.1 Å². The number of amides is 2. The molecule has 0 saturated carbocycles. The number of benzene rings is 2. The molecule has 2 heterocycles. The monoisotopic (exact) mass is 484 g/mol. The van der Waals surface area contributed by atoms with Gasteiger partial charge >= 0.3 is 6.18 Å². The first-order chi connectivity index (χ1) is 15.5. The first-order valence-electron chi connectivity index (χ1n) is 9.47. The molecular formula is C21H14ClF5N4O2. The van der Waals surface area contributed by atoms with Crippen molar-refractivity contribution in [2.24, 2.45) is 0 Å². The van der Waals surface area contributed by atoms with Gasteiger partial charge in [-0.25, -0.2) is 13.8 Å². The lowest BCUT2D eigenvalue weighted by molar-refractivity contribution is -0.137. The quantitative estimate of drug-likeness (QED) is 0.521. The number of nitrogens with one attached hydrogen (secondary N) is 2.